The van der Waals surface area contributed by atoms with Crippen LogP contribution in [0.25, 0.3) is 0 Å². The number of ether oxygens (including phenoxy) is 2. The van der Waals surface area contributed by atoms with Gasteiger partial charge in [0.05, 0.1) is 18.7 Å². The minimum atomic E-state index is -0.252. The van der Waals surface area contributed by atoms with E-state index in [9.17, 15) is 9.59 Å². The third kappa shape index (κ3) is 4.71. The number of benzene rings is 1. The fourth-order valence-electron chi connectivity index (χ4n) is 2.25. The molecule has 0 saturated carbocycles. The molecular formula is C18H21NO4. The Morgan fingerprint density at radius 3 is 2.61 bits per heavy atom. The van der Waals surface area contributed by atoms with E-state index in [0.717, 1.165) is 5.56 Å². The summed E-state index contributed by atoms with van der Waals surface area (Å²) in [6.45, 7) is 4.74. The predicted octanol–water partition coefficient (Wildman–Crippen LogP) is 2.69. The minimum Gasteiger partial charge on any atom is -0.483 e. The third-order valence-corrected chi connectivity index (χ3v) is 3.48. The molecule has 2 rings (SSSR count). The normalized spacial score (nSPS) is 10.3. The molecule has 0 amide bonds. The van der Waals surface area contributed by atoms with Crippen molar-refractivity contribution in [2.45, 2.75) is 33.4 Å². The molecule has 5 heteroatoms. The van der Waals surface area contributed by atoms with E-state index in [1.807, 2.05) is 41.8 Å². The Bertz CT molecular complexity index is 707. The molecule has 122 valence electrons. The van der Waals surface area contributed by atoms with Crippen LogP contribution in [0.1, 0.15) is 24.6 Å². The van der Waals surface area contributed by atoms with Crippen LogP contribution in [-0.4, -0.2) is 17.1 Å². The molecule has 0 radical (unpaired) electrons. The highest BCUT2D eigenvalue weighted by molar-refractivity contribution is 5.69. The van der Waals surface area contributed by atoms with Crippen LogP contribution in [0, 0.1) is 6.92 Å². The van der Waals surface area contributed by atoms with Gasteiger partial charge in [-0.2, -0.15) is 0 Å². The summed E-state index contributed by atoms with van der Waals surface area (Å²) in [5.74, 6) is 0.0672. The summed E-state index contributed by atoms with van der Waals surface area (Å²) in [7, 11) is 0. The van der Waals surface area contributed by atoms with E-state index in [1.165, 1.54) is 6.07 Å². The molecule has 0 spiro atoms. The zero-order valence-corrected chi connectivity index (χ0v) is 13.5. The molecule has 0 fully saturated rings. The zero-order chi connectivity index (χ0) is 16.7. The van der Waals surface area contributed by atoms with E-state index in [1.54, 1.807) is 13.1 Å². The lowest BCUT2D eigenvalue weighted by Gasteiger charge is -2.14. The monoisotopic (exact) mass is 315 g/mol. The number of hydrogen-bond donors (Lipinski definition) is 0. The van der Waals surface area contributed by atoms with Gasteiger partial charge < -0.3 is 14.0 Å². The third-order valence-electron chi connectivity index (χ3n) is 3.48. The Morgan fingerprint density at radius 2 is 1.91 bits per heavy atom. The fraction of sp³-hybridized carbons (Fsp3) is 0.333. The molecule has 0 saturated heterocycles. The molecule has 0 bridgehead atoms. The van der Waals surface area contributed by atoms with Gasteiger partial charge in [-0.3, -0.25) is 9.59 Å². The highest BCUT2D eigenvalue weighted by Crippen LogP contribution is 2.14. The largest absolute Gasteiger partial charge is 0.483 e. The van der Waals surface area contributed by atoms with Crippen molar-refractivity contribution in [3.63, 3.8) is 0 Å². The van der Waals surface area contributed by atoms with E-state index >= 15 is 0 Å². The lowest BCUT2D eigenvalue weighted by Crippen LogP contribution is -2.16. The molecule has 0 unspecified atom stereocenters. The van der Waals surface area contributed by atoms with Crippen molar-refractivity contribution in [2.24, 2.45) is 0 Å². The summed E-state index contributed by atoms with van der Waals surface area (Å²) in [5.41, 5.74) is 1.54. The first-order chi connectivity index (χ1) is 11.1. The fourth-order valence-corrected chi connectivity index (χ4v) is 2.25. The van der Waals surface area contributed by atoms with Crippen molar-refractivity contribution in [1.29, 1.82) is 0 Å². The minimum absolute atomic E-state index is 0.161. The van der Waals surface area contributed by atoms with E-state index in [0.29, 0.717) is 31.2 Å². The lowest BCUT2D eigenvalue weighted by molar-refractivity contribution is -0.143. The maximum Gasteiger partial charge on any atom is 0.307 e. The average Bonchev–Trinajstić information content (AvgIpc) is 2.55. The van der Waals surface area contributed by atoms with Gasteiger partial charge in [0.25, 0.3) is 0 Å². The molecular weight excluding hydrogens is 294 g/mol. The van der Waals surface area contributed by atoms with Gasteiger partial charge >= 0.3 is 5.97 Å². The Kier molecular flexibility index (Phi) is 5.97. The number of rotatable bonds is 7. The Labute approximate surface area is 135 Å². The van der Waals surface area contributed by atoms with Crippen molar-refractivity contribution >= 4 is 5.97 Å². The van der Waals surface area contributed by atoms with Crippen molar-refractivity contribution in [2.75, 3.05) is 6.61 Å². The number of carbonyl (C=O) groups is 1. The van der Waals surface area contributed by atoms with Crippen LogP contribution in [0.15, 0.2) is 47.4 Å². The summed E-state index contributed by atoms with van der Waals surface area (Å²) in [4.78, 5) is 23.5. The SMILES string of the molecule is CCOC(=O)CCn1ccc(=O)c(OCc2ccccc2)c1C. The molecule has 0 aliphatic carbocycles. The van der Waals surface area contributed by atoms with Gasteiger partial charge in [-0.25, -0.2) is 0 Å². The van der Waals surface area contributed by atoms with Crippen LogP contribution in [0.4, 0.5) is 0 Å². The lowest BCUT2D eigenvalue weighted by atomic mass is 10.2. The molecule has 1 heterocycles. The molecule has 1 aromatic carbocycles. The maximum absolute atomic E-state index is 12.0. The molecule has 0 atom stereocenters. The van der Waals surface area contributed by atoms with Crippen molar-refractivity contribution in [1.82, 2.24) is 4.57 Å². The van der Waals surface area contributed by atoms with Crippen molar-refractivity contribution < 1.29 is 14.3 Å². The van der Waals surface area contributed by atoms with Gasteiger partial charge in [-0.1, -0.05) is 30.3 Å². The van der Waals surface area contributed by atoms with Crippen molar-refractivity contribution in [3.8, 4) is 5.75 Å². The van der Waals surface area contributed by atoms with Gasteiger partial charge in [0, 0.05) is 18.8 Å². The van der Waals surface area contributed by atoms with E-state index < -0.39 is 0 Å². The molecule has 0 aliphatic heterocycles. The number of aromatic nitrogens is 1. The topological polar surface area (TPSA) is 57.5 Å². The number of nitrogens with zero attached hydrogens (tertiary/aromatic N) is 1. The standard InChI is InChI=1S/C18H21NO4/c1-3-22-17(21)10-12-19-11-9-16(20)18(14(19)2)23-13-15-7-5-4-6-8-15/h4-9,11H,3,10,12-13H2,1-2H3. The van der Waals surface area contributed by atoms with Crippen LogP contribution >= 0.6 is 0 Å². The second kappa shape index (κ2) is 8.17. The number of carbonyl (C=O) groups excluding carboxylic acids is 1. The Hall–Kier alpha value is -2.56. The quantitative estimate of drug-likeness (QED) is 0.737. The smallest absolute Gasteiger partial charge is 0.307 e. The van der Waals surface area contributed by atoms with Gasteiger partial charge in [0.1, 0.15) is 6.61 Å². The zero-order valence-electron chi connectivity index (χ0n) is 13.5. The first kappa shape index (κ1) is 16.8. The van der Waals surface area contributed by atoms with E-state index in [2.05, 4.69) is 0 Å². The summed E-state index contributed by atoms with van der Waals surface area (Å²) in [6.07, 6.45) is 1.93. The number of esters is 1. The average molecular weight is 315 g/mol. The van der Waals surface area contributed by atoms with Crippen LogP contribution < -0.4 is 10.2 Å². The summed E-state index contributed by atoms with van der Waals surface area (Å²) in [6, 6.07) is 11.1. The van der Waals surface area contributed by atoms with Gasteiger partial charge in [-0.15, -0.1) is 0 Å². The van der Waals surface area contributed by atoms with Crippen LogP contribution in [0.5, 0.6) is 5.75 Å². The molecule has 0 N–H and O–H groups in total. The highest BCUT2D eigenvalue weighted by atomic mass is 16.5. The predicted molar refractivity (Wildman–Crippen MR) is 87.5 cm³/mol. The number of hydrogen-bond acceptors (Lipinski definition) is 4. The molecule has 0 aliphatic rings. The molecule has 5 nitrogen and oxygen atoms in total. The van der Waals surface area contributed by atoms with Crippen LogP contribution in [0.3, 0.4) is 0 Å². The van der Waals surface area contributed by atoms with E-state index in [4.69, 9.17) is 9.47 Å². The number of pyridine rings is 1. The van der Waals surface area contributed by atoms with Gasteiger partial charge in [-0.05, 0) is 19.4 Å². The van der Waals surface area contributed by atoms with Crippen LogP contribution in [-0.2, 0) is 22.7 Å². The highest BCUT2D eigenvalue weighted by Gasteiger charge is 2.10. The van der Waals surface area contributed by atoms with Gasteiger partial charge in [0.15, 0.2) is 5.75 Å². The Balaban J connectivity index is 2.08. The number of aryl methyl sites for hydroxylation is 1. The summed E-state index contributed by atoms with van der Waals surface area (Å²) < 4.78 is 12.4. The van der Waals surface area contributed by atoms with Crippen LogP contribution in [0.2, 0.25) is 0 Å². The van der Waals surface area contributed by atoms with Crippen molar-refractivity contribution in [3.05, 3.63) is 64.1 Å². The maximum atomic E-state index is 12.0. The second-order valence-corrected chi connectivity index (χ2v) is 5.12. The van der Waals surface area contributed by atoms with E-state index in [-0.39, 0.29) is 17.8 Å². The molecule has 1 aromatic heterocycles. The summed E-state index contributed by atoms with van der Waals surface area (Å²) >= 11 is 0. The molecule has 2 aromatic rings. The Morgan fingerprint density at radius 1 is 1.17 bits per heavy atom. The first-order valence-corrected chi connectivity index (χ1v) is 7.64. The van der Waals surface area contributed by atoms with Gasteiger partial charge in [0.2, 0.25) is 5.43 Å². The first-order valence-electron chi connectivity index (χ1n) is 7.64. The molecule has 23 heavy (non-hydrogen) atoms. The second-order valence-electron chi connectivity index (χ2n) is 5.12. The summed E-state index contributed by atoms with van der Waals surface area (Å²) in [5, 5.41) is 0.